The van der Waals surface area contributed by atoms with E-state index in [4.69, 9.17) is 15.2 Å². The molecule has 0 bridgehead atoms. The van der Waals surface area contributed by atoms with E-state index in [1.807, 2.05) is 0 Å². The van der Waals surface area contributed by atoms with Crippen LogP contribution in [0.25, 0.3) is 0 Å². The first-order valence-corrected chi connectivity index (χ1v) is 9.24. The molecule has 2 unspecified atom stereocenters. The zero-order chi connectivity index (χ0) is 14.9. The van der Waals surface area contributed by atoms with Gasteiger partial charge in [-0.05, 0) is 25.3 Å². The van der Waals surface area contributed by atoms with Gasteiger partial charge in [0.25, 0.3) is 10.2 Å². The van der Waals surface area contributed by atoms with Crippen LogP contribution in [0.4, 0.5) is 0 Å². The van der Waals surface area contributed by atoms with Gasteiger partial charge in [-0.2, -0.15) is 17.4 Å². The summed E-state index contributed by atoms with van der Waals surface area (Å²) in [5, 5.41) is 0. The van der Waals surface area contributed by atoms with Crippen LogP contribution in [0.2, 0.25) is 0 Å². The summed E-state index contributed by atoms with van der Waals surface area (Å²) in [6.07, 6.45) is 4.12. The fraction of sp³-hybridized carbons (Fsp3) is 1.00. The predicted octanol–water partition coefficient (Wildman–Crippen LogP) is 0.209. The molecule has 7 nitrogen and oxygen atoms in total. The summed E-state index contributed by atoms with van der Waals surface area (Å²) < 4.78 is 40.6. The predicted molar refractivity (Wildman–Crippen MR) is 84.9 cm³/mol. The van der Waals surface area contributed by atoms with Crippen LogP contribution in [0.3, 0.4) is 0 Å². The van der Waals surface area contributed by atoms with Crippen molar-refractivity contribution in [3.8, 4) is 0 Å². The Kier molecular flexibility index (Phi) is 6.09. The van der Waals surface area contributed by atoms with E-state index in [1.54, 1.807) is 0 Å². The summed E-state index contributed by atoms with van der Waals surface area (Å²) in [6.45, 7) is 2.62. The van der Waals surface area contributed by atoms with Crippen molar-refractivity contribution in [3.05, 3.63) is 0 Å². The molecule has 0 amide bonds. The highest BCUT2D eigenvalue weighted by molar-refractivity contribution is 7.87. The van der Waals surface area contributed by atoms with E-state index in [0.717, 1.165) is 19.3 Å². The first kappa shape index (κ1) is 18.4. The van der Waals surface area contributed by atoms with Crippen molar-refractivity contribution in [3.63, 3.8) is 0 Å². The van der Waals surface area contributed by atoms with Crippen LogP contribution in [0.1, 0.15) is 32.1 Å². The number of nitrogens with two attached hydrogens (primary N) is 1. The first-order valence-electron chi connectivity index (χ1n) is 7.80. The van der Waals surface area contributed by atoms with Crippen LogP contribution in [-0.4, -0.2) is 57.4 Å². The van der Waals surface area contributed by atoms with Gasteiger partial charge in [0.1, 0.15) is 0 Å². The lowest BCUT2D eigenvalue weighted by Crippen LogP contribution is -2.53. The molecule has 1 spiro atoms. The number of piperidine rings is 1. The Morgan fingerprint density at radius 1 is 1.18 bits per heavy atom. The van der Waals surface area contributed by atoms with Crippen molar-refractivity contribution in [2.45, 2.75) is 43.9 Å². The number of rotatable bonds is 4. The number of nitrogens with zero attached hydrogens (tertiary/aromatic N) is 1. The molecule has 2 heterocycles. The lowest BCUT2D eigenvalue weighted by molar-refractivity contribution is -0.179. The summed E-state index contributed by atoms with van der Waals surface area (Å²) in [5.41, 5.74) is 5.72. The van der Waals surface area contributed by atoms with E-state index < -0.39 is 16.0 Å². The normalized spacial score (nSPS) is 32.2. The van der Waals surface area contributed by atoms with Crippen molar-refractivity contribution < 1.29 is 17.9 Å². The quantitative estimate of drug-likeness (QED) is 0.751. The molecule has 3 rings (SSSR count). The van der Waals surface area contributed by atoms with Gasteiger partial charge in [0.2, 0.25) is 0 Å². The first-order chi connectivity index (χ1) is 10.0. The molecule has 3 fully saturated rings. The van der Waals surface area contributed by atoms with Crippen LogP contribution in [0.5, 0.6) is 0 Å². The molecule has 2 saturated heterocycles. The van der Waals surface area contributed by atoms with E-state index >= 15 is 0 Å². The lowest BCUT2D eigenvalue weighted by Gasteiger charge is -2.37. The highest BCUT2D eigenvalue weighted by atomic mass is 35.5. The molecule has 3 aliphatic rings. The summed E-state index contributed by atoms with van der Waals surface area (Å²) in [6, 6.07) is -0.0186. The molecule has 0 aromatic rings. The lowest BCUT2D eigenvalue weighted by atomic mass is 10.1. The highest BCUT2D eigenvalue weighted by Gasteiger charge is 2.43. The van der Waals surface area contributed by atoms with E-state index in [0.29, 0.717) is 45.7 Å². The van der Waals surface area contributed by atoms with Gasteiger partial charge >= 0.3 is 0 Å². The maximum absolute atomic E-state index is 12.5. The number of nitrogens with one attached hydrogen (secondary N) is 1. The van der Waals surface area contributed by atoms with Crippen molar-refractivity contribution in [2.75, 3.05) is 32.8 Å². The number of hydrogen-bond donors (Lipinski definition) is 2. The van der Waals surface area contributed by atoms with E-state index in [2.05, 4.69) is 4.72 Å². The fourth-order valence-corrected chi connectivity index (χ4v) is 5.10. The number of hydrogen-bond acceptors (Lipinski definition) is 5. The van der Waals surface area contributed by atoms with Gasteiger partial charge in [-0.25, -0.2) is 0 Å². The molecule has 1 saturated carbocycles. The molecule has 0 radical (unpaired) electrons. The molecule has 22 heavy (non-hydrogen) atoms. The van der Waals surface area contributed by atoms with Gasteiger partial charge in [0.05, 0.1) is 13.2 Å². The van der Waals surface area contributed by atoms with Crippen LogP contribution in [0.15, 0.2) is 0 Å². The molecular formula is C13H26ClN3O4S. The van der Waals surface area contributed by atoms with Gasteiger partial charge in [0.15, 0.2) is 5.79 Å². The summed E-state index contributed by atoms with van der Waals surface area (Å²) in [7, 11) is -3.44. The fourth-order valence-electron chi connectivity index (χ4n) is 3.59. The number of ether oxygens (including phenoxy) is 2. The Morgan fingerprint density at radius 2 is 1.82 bits per heavy atom. The Morgan fingerprint density at radius 3 is 2.41 bits per heavy atom. The summed E-state index contributed by atoms with van der Waals surface area (Å²) in [5.74, 6) is -0.281. The molecule has 2 atom stereocenters. The molecule has 0 aromatic heterocycles. The average Bonchev–Trinajstić information content (AvgIpc) is 3.09. The van der Waals surface area contributed by atoms with Gasteiger partial charge in [0, 0.05) is 32.0 Å². The van der Waals surface area contributed by atoms with Crippen LogP contribution in [0, 0.1) is 5.92 Å². The molecule has 130 valence electrons. The molecule has 1 aliphatic carbocycles. The SMILES string of the molecule is Cl.NCC1CCCC1NS(=O)(=O)N1CCC2(CC1)OCCO2. The Labute approximate surface area is 138 Å². The van der Waals surface area contributed by atoms with Gasteiger partial charge < -0.3 is 15.2 Å². The van der Waals surface area contributed by atoms with Gasteiger partial charge in [-0.15, -0.1) is 12.4 Å². The second-order valence-corrected chi connectivity index (χ2v) is 7.86. The van der Waals surface area contributed by atoms with Gasteiger partial charge in [-0.1, -0.05) is 6.42 Å². The maximum atomic E-state index is 12.5. The van der Waals surface area contributed by atoms with Crippen molar-refractivity contribution in [2.24, 2.45) is 11.7 Å². The third-order valence-electron chi connectivity index (χ3n) is 4.90. The van der Waals surface area contributed by atoms with Crippen molar-refractivity contribution in [1.29, 1.82) is 0 Å². The average molecular weight is 356 g/mol. The van der Waals surface area contributed by atoms with Crippen molar-refractivity contribution >= 4 is 22.6 Å². The third-order valence-corrected chi connectivity index (χ3v) is 6.55. The topological polar surface area (TPSA) is 93.9 Å². The minimum absolute atomic E-state index is 0. The Bertz CT molecular complexity index is 460. The third kappa shape index (κ3) is 3.75. The maximum Gasteiger partial charge on any atom is 0.279 e. The number of halogens is 1. The highest BCUT2D eigenvalue weighted by Crippen LogP contribution is 2.32. The molecule has 3 N–H and O–H groups in total. The second-order valence-electron chi connectivity index (χ2n) is 6.16. The molecule has 2 aliphatic heterocycles. The van der Waals surface area contributed by atoms with Gasteiger partial charge in [-0.3, -0.25) is 0 Å². The minimum Gasteiger partial charge on any atom is -0.347 e. The Hall–Kier alpha value is 0.0400. The second kappa shape index (κ2) is 7.29. The van der Waals surface area contributed by atoms with E-state index in [1.165, 1.54) is 4.31 Å². The van der Waals surface area contributed by atoms with E-state index in [-0.39, 0.29) is 24.4 Å². The van der Waals surface area contributed by atoms with E-state index in [9.17, 15) is 8.42 Å². The summed E-state index contributed by atoms with van der Waals surface area (Å²) >= 11 is 0. The molecule has 9 heteroatoms. The summed E-state index contributed by atoms with van der Waals surface area (Å²) in [4.78, 5) is 0. The van der Waals surface area contributed by atoms with Crippen LogP contribution >= 0.6 is 12.4 Å². The van der Waals surface area contributed by atoms with Crippen LogP contribution in [-0.2, 0) is 19.7 Å². The Balaban J connectivity index is 0.00000176. The molecular weight excluding hydrogens is 330 g/mol. The standard InChI is InChI=1S/C13H25N3O4S.ClH/c14-10-11-2-1-3-12(11)15-21(17,18)16-6-4-13(5-7-16)19-8-9-20-13;/h11-12,15H,1-10,14H2;1H. The minimum atomic E-state index is -3.44. The van der Waals surface area contributed by atoms with Crippen LogP contribution < -0.4 is 10.5 Å². The smallest absolute Gasteiger partial charge is 0.279 e. The largest absolute Gasteiger partial charge is 0.347 e. The zero-order valence-corrected chi connectivity index (χ0v) is 14.3. The van der Waals surface area contributed by atoms with Crippen molar-refractivity contribution in [1.82, 2.24) is 9.03 Å². The monoisotopic (exact) mass is 355 g/mol. The zero-order valence-electron chi connectivity index (χ0n) is 12.7. The molecule has 0 aromatic carbocycles.